The molecule has 0 heterocycles. The first-order valence-corrected chi connectivity index (χ1v) is 7.72. The third-order valence-electron chi connectivity index (χ3n) is 3.20. The van der Waals surface area contributed by atoms with Crippen molar-refractivity contribution in [3.63, 3.8) is 0 Å². The number of amides is 1. The molecule has 1 aromatic carbocycles. The molecule has 0 radical (unpaired) electrons. The molecule has 1 aliphatic carbocycles. The van der Waals surface area contributed by atoms with Crippen molar-refractivity contribution in [2.45, 2.75) is 36.6 Å². The fraction of sp³-hybridized carbons (Fsp3) is 0.462. The van der Waals surface area contributed by atoms with Crippen LogP contribution in [0.1, 0.15) is 36.0 Å². The first kappa shape index (κ1) is 13.9. The van der Waals surface area contributed by atoms with Crippen molar-refractivity contribution in [1.29, 1.82) is 0 Å². The maximum atomic E-state index is 12.1. The molecule has 1 saturated carbocycles. The molecule has 18 heavy (non-hydrogen) atoms. The van der Waals surface area contributed by atoms with Gasteiger partial charge in [-0.2, -0.15) is 0 Å². The molecule has 2 rings (SSSR count). The van der Waals surface area contributed by atoms with E-state index in [0.29, 0.717) is 10.4 Å². The number of benzene rings is 1. The van der Waals surface area contributed by atoms with Crippen LogP contribution in [0.5, 0.6) is 5.75 Å². The van der Waals surface area contributed by atoms with Crippen molar-refractivity contribution >= 4 is 37.8 Å². The zero-order chi connectivity index (χ0) is 13.1. The van der Waals surface area contributed by atoms with Crippen LogP contribution in [0.2, 0.25) is 0 Å². The van der Waals surface area contributed by atoms with Crippen LogP contribution in [0.3, 0.4) is 0 Å². The standard InChI is InChI=1S/C13H15Br2NO2/c14-8-5-6-9(12(17)7-8)13(18)16-11-4-2-1-3-10(11)15/h5-7,10-11,17H,1-4H2,(H,16,18). The summed E-state index contributed by atoms with van der Waals surface area (Å²) in [6.45, 7) is 0. The Morgan fingerprint density at radius 2 is 2.06 bits per heavy atom. The van der Waals surface area contributed by atoms with Gasteiger partial charge >= 0.3 is 0 Å². The van der Waals surface area contributed by atoms with Gasteiger partial charge in [-0.15, -0.1) is 0 Å². The van der Waals surface area contributed by atoms with E-state index in [0.717, 1.165) is 23.7 Å². The lowest BCUT2D eigenvalue weighted by atomic mass is 9.95. The number of halogens is 2. The lowest BCUT2D eigenvalue weighted by molar-refractivity contribution is 0.0927. The van der Waals surface area contributed by atoms with Crippen molar-refractivity contribution in [3.8, 4) is 5.75 Å². The van der Waals surface area contributed by atoms with Gasteiger partial charge in [-0.05, 0) is 31.0 Å². The molecule has 2 N–H and O–H groups in total. The Balaban J connectivity index is 2.07. The molecule has 0 spiro atoms. The Hall–Kier alpha value is -0.550. The smallest absolute Gasteiger partial charge is 0.255 e. The highest BCUT2D eigenvalue weighted by atomic mass is 79.9. The molecule has 0 bridgehead atoms. The predicted octanol–water partition coefficient (Wildman–Crippen LogP) is 3.59. The predicted molar refractivity (Wildman–Crippen MR) is 78.2 cm³/mol. The summed E-state index contributed by atoms with van der Waals surface area (Å²) >= 11 is 6.86. The van der Waals surface area contributed by atoms with E-state index >= 15 is 0 Å². The molecular formula is C13H15Br2NO2. The minimum atomic E-state index is -0.212. The van der Waals surface area contributed by atoms with Gasteiger partial charge in [0, 0.05) is 15.3 Å². The third-order valence-corrected chi connectivity index (χ3v) is 4.79. The highest BCUT2D eigenvalue weighted by Crippen LogP contribution is 2.26. The molecule has 5 heteroatoms. The van der Waals surface area contributed by atoms with Gasteiger partial charge in [-0.1, -0.05) is 44.7 Å². The van der Waals surface area contributed by atoms with Crippen LogP contribution in [-0.2, 0) is 0 Å². The second-order valence-electron chi connectivity index (χ2n) is 4.54. The average molecular weight is 377 g/mol. The van der Waals surface area contributed by atoms with E-state index in [9.17, 15) is 9.90 Å². The summed E-state index contributed by atoms with van der Waals surface area (Å²) in [6.07, 6.45) is 4.40. The molecular weight excluding hydrogens is 362 g/mol. The molecule has 1 aromatic rings. The van der Waals surface area contributed by atoms with Gasteiger partial charge in [-0.25, -0.2) is 0 Å². The van der Waals surface area contributed by atoms with Crippen LogP contribution in [0.4, 0.5) is 0 Å². The molecule has 2 atom stereocenters. The van der Waals surface area contributed by atoms with Gasteiger partial charge in [0.05, 0.1) is 5.56 Å². The molecule has 3 nitrogen and oxygen atoms in total. The van der Waals surface area contributed by atoms with E-state index in [1.807, 2.05) is 0 Å². The van der Waals surface area contributed by atoms with Crippen molar-refractivity contribution in [2.75, 3.05) is 0 Å². The number of rotatable bonds is 2. The van der Waals surface area contributed by atoms with Crippen LogP contribution in [0.25, 0.3) is 0 Å². The van der Waals surface area contributed by atoms with E-state index in [-0.39, 0.29) is 17.7 Å². The Morgan fingerprint density at radius 3 is 2.72 bits per heavy atom. The summed E-state index contributed by atoms with van der Waals surface area (Å²) < 4.78 is 0.757. The number of phenolic OH excluding ortho intramolecular Hbond substituents is 1. The van der Waals surface area contributed by atoms with Crippen molar-refractivity contribution in [2.24, 2.45) is 0 Å². The minimum Gasteiger partial charge on any atom is -0.507 e. The molecule has 2 unspecified atom stereocenters. The number of carbonyl (C=O) groups is 1. The summed E-state index contributed by atoms with van der Waals surface area (Å²) in [7, 11) is 0. The normalized spacial score (nSPS) is 23.7. The van der Waals surface area contributed by atoms with E-state index in [2.05, 4.69) is 37.2 Å². The Morgan fingerprint density at radius 1 is 1.33 bits per heavy atom. The average Bonchev–Trinajstić information content (AvgIpc) is 2.32. The van der Waals surface area contributed by atoms with E-state index in [1.54, 1.807) is 12.1 Å². The van der Waals surface area contributed by atoms with Crippen LogP contribution < -0.4 is 5.32 Å². The lowest BCUT2D eigenvalue weighted by Crippen LogP contribution is -2.42. The molecule has 0 aliphatic heterocycles. The lowest BCUT2D eigenvalue weighted by Gasteiger charge is -2.28. The minimum absolute atomic E-state index is 0.00352. The number of nitrogens with one attached hydrogen (secondary N) is 1. The maximum Gasteiger partial charge on any atom is 0.255 e. The van der Waals surface area contributed by atoms with E-state index in [4.69, 9.17) is 0 Å². The zero-order valence-electron chi connectivity index (χ0n) is 9.83. The monoisotopic (exact) mass is 375 g/mol. The van der Waals surface area contributed by atoms with Crippen LogP contribution in [0.15, 0.2) is 22.7 Å². The van der Waals surface area contributed by atoms with Gasteiger partial charge < -0.3 is 10.4 Å². The third kappa shape index (κ3) is 3.26. The molecule has 1 aliphatic rings. The Labute approximate surface area is 123 Å². The Bertz CT molecular complexity index is 451. The first-order valence-electron chi connectivity index (χ1n) is 6.01. The number of alkyl halides is 1. The summed E-state index contributed by atoms with van der Waals surface area (Å²) in [6, 6.07) is 5.05. The fourth-order valence-corrected chi connectivity index (χ4v) is 3.26. The number of hydrogen-bond donors (Lipinski definition) is 2. The number of aromatic hydroxyl groups is 1. The highest BCUT2D eigenvalue weighted by Gasteiger charge is 2.25. The second-order valence-corrected chi connectivity index (χ2v) is 6.63. The maximum absolute atomic E-state index is 12.1. The highest BCUT2D eigenvalue weighted by molar-refractivity contribution is 9.10. The number of phenols is 1. The number of hydrogen-bond acceptors (Lipinski definition) is 2. The summed E-state index contributed by atoms with van der Waals surface area (Å²) in [4.78, 5) is 12.4. The van der Waals surface area contributed by atoms with Crippen molar-refractivity contribution in [1.82, 2.24) is 5.32 Å². The summed E-state index contributed by atoms with van der Waals surface area (Å²) in [5.41, 5.74) is 0.323. The van der Waals surface area contributed by atoms with Gasteiger partial charge in [0.25, 0.3) is 5.91 Å². The largest absolute Gasteiger partial charge is 0.507 e. The SMILES string of the molecule is O=C(NC1CCCCC1Br)c1ccc(Br)cc1O. The molecule has 98 valence electrons. The molecule has 1 fully saturated rings. The Kier molecular flexibility index (Phi) is 4.67. The van der Waals surface area contributed by atoms with Crippen molar-refractivity contribution in [3.05, 3.63) is 28.2 Å². The van der Waals surface area contributed by atoms with Crippen molar-refractivity contribution < 1.29 is 9.90 Å². The molecule has 0 saturated heterocycles. The van der Waals surface area contributed by atoms with Gasteiger partial charge in [0.15, 0.2) is 0 Å². The second kappa shape index (κ2) is 6.06. The first-order chi connectivity index (χ1) is 8.58. The molecule has 0 aromatic heterocycles. The zero-order valence-corrected chi connectivity index (χ0v) is 13.0. The quantitative estimate of drug-likeness (QED) is 0.775. The molecule has 1 amide bonds. The topological polar surface area (TPSA) is 49.3 Å². The van der Waals surface area contributed by atoms with Crippen LogP contribution in [0, 0.1) is 0 Å². The van der Waals surface area contributed by atoms with Gasteiger partial charge in [0.2, 0.25) is 0 Å². The van der Waals surface area contributed by atoms with E-state index in [1.165, 1.54) is 12.5 Å². The van der Waals surface area contributed by atoms with Crippen LogP contribution >= 0.6 is 31.9 Å². The van der Waals surface area contributed by atoms with Gasteiger partial charge in [0.1, 0.15) is 5.75 Å². The van der Waals surface area contributed by atoms with Crippen LogP contribution in [-0.4, -0.2) is 21.9 Å². The van der Waals surface area contributed by atoms with E-state index < -0.39 is 0 Å². The summed E-state index contributed by atoms with van der Waals surface area (Å²) in [5, 5.41) is 12.7. The van der Waals surface area contributed by atoms with Gasteiger partial charge in [-0.3, -0.25) is 4.79 Å². The fourth-order valence-electron chi connectivity index (χ4n) is 2.19. The number of carbonyl (C=O) groups excluding carboxylic acids is 1. The summed E-state index contributed by atoms with van der Waals surface area (Å²) in [5.74, 6) is -0.208.